The molecule has 2 nitrogen and oxygen atoms in total. The number of hydrogen-bond donors (Lipinski definition) is 1. The van der Waals surface area contributed by atoms with Gasteiger partial charge in [-0.3, -0.25) is 0 Å². The van der Waals surface area contributed by atoms with Crippen LogP contribution in [0.15, 0.2) is 30.3 Å². The third-order valence-electron chi connectivity index (χ3n) is 4.04. The zero-order chi connectivity index (χ0) is 15.6. The van der Waals surface area contributed by atoms with Gasteiger partial charge in [0.2, 0.25) is 0 Å². The van der Waals surface area contributed by atoms with Crippen molar-refractivity contribution in [3.63, 3.8) is 0 Å². The molecule has 0 radical (unpaired) electrons. The molecular weight excluding hydrogens is 265 g/mol. The van der Waals surface area contributed by atoms with Crippen molar-refractivity contribution in [1.82, 2.24) is 5.32 Å². The fourth-order valence-electron chi connectivity index (χ4n) is 2.68. The quantitative estimate of drug-likeness (QED) is 0.915. The summed E-state index contributed by atoms with van der Waals surface area (Å²) in [6, 6.07) is 9.29. The highest BCUT2D eigenvalue weighted by Crippen LogP contribution is 2.35. The molecule has 2 aromatic carbocycles. The van der Waals surface area contributed by atoms with E-state index in [1.165, 1.54) is 0 Å². The van der Waals surface area contributed by atoms with Gasteiger partial charge in [-0.15, -0.1) is 0 Å². The van der Waals surface area contributed by atoms with Crippen molar-refractivity contribution in [1.29, 1.82) is 0 Å². The minimum Gasteiger partial charge on any atom is -0.496 e. The molecule has 0 saturated carbocycles. The molecule has 2 aromatic rings. The summed E-state index contributed by atoms with van der Waals surface area (Å²) < 4.78 is 20.0. The molecule has 0 aliphatic heterocycles. The van der Waals surface area contributed by atoms with Crippen molar-refractivity contribution in [2.45, 2.75) is 26.8 Å². The first-order valence-electron chi connectivity index (χ1n) is 7.07. The number of benzene rings is 2. The van der Waals surface area contributed by atoms with Crippen LogP contribution < -0.4 is 10.1 Å². The Morgan fingerprint density at radius 3 is 2.33 bits per heavy atom. The van der Waals surface area contributed by atoms with Gasteiger partial charge in [0.05, 0.1) is 13.2 Å². The predicted octanol–water partition coefficient (Wildman–Crippen LogP) is 4.07. The number of nitrogens with one attached hydrogen (secondary N) is 1. The number of ether oxygens (including phenoxy) is 1. The van der Waals surface area contributed by atoms with E-state index >= 15 is 0 Å². The van der Waals surface area contributed by atoms with Crippen LogP contribution in [-0.4, -0.2) is 14.2 Å². The van der Waals surface area contributed by atoms with Gasteiger partial charge in [0.25, 0.3) is 0 Å². The van der Waals surface area contributed by atoms with Gasteiger partial charge in [-0.05, 0) is 44.5 Å². The molecule has 0 fully saturated rings. The van der Waals surface area contributed by atoms with Gasteiger partial charge < -0.3 is 10.1 Å². The van der Waals surface area contributed by atoms with E-state index in [-0.39, 0.29) is 11.9 Å². The number of rotatable bonds is 4. The summed E-state index contributed by atoms with van der Waals surface area (Å²) in [7, 11) is 3.49. The van der Waals surface area contributed by atoms with Gasteiger partial charge in [0, 0.05) is 11.1 Å². The molecule has 1 N–H and O–H groups in total. The predicted molar refractivity (Wildman–Crippen MR) is 84.5 cm³/mol. The summed E-state index contributed by atoms with van der Waals surface area (Å²) >= 11 is 0. The van der Waals surface area contributed by atoms with Gasteiger partial charge in [-0.25, -0.2) is 4.39 Å². The van der Waals surface area contributed by atoms with Crippen LogP contribution in [0.1, 0.15) is 33.9 Å². The molecule has 0 saturated heterocycles. The van der Waals surface area contributed by atoms with E-state index in [4.69, 9.17) is 4.74 Å². The van der Waals surface area contributed by atoms with Crippen molar-refractivity contribution in [2.75, 3.05) is 14.2 Å². The lowest BCUT2D eigenvalue weighted by molar-refractivity contribution is 0.401. The monoisotopic (exact) mass is 287 g/mol. The Hall–Kier alpha value is -1.87. The lowest BCUT2D eigenvalue weighted by atomic mass is 9.93. The second kappa shape index (κ2) is 6.27. The Bertz CT molecular complexity index is 652. The number of halogens is 1. The van der Waals surface area contributed by atoms with Gasteiger partial charge in [0.1, 0.15) is 11.6 Å². The zero-order valence-electron chi connectivity index (χ0n) is 13.3. The maximum absolute atomic E-state index is 14.5. The average molecular weight is 287 g/mol. The van der Waals surface area contributed by atoms with Gasteiger partial charge in [-0.2, -0.15) is 0 Å². The lowest BCUT2D eigenvalue weighted by Gasteiger charge is -2.23. The summed E-state index contributed by atoms with van der Waals surface area (Å²) in [6.07, 6.45) is 0. The fourth-order valence-corrected chi connectivity index (χ4v) is 2.68. The zero-order valence-corrected chi connectivity index (χ0v) is 13.3. The summed E-state index contributed by atoms with van der Waals surface area (Å²) in [5.41, 5.74) is 4.49. The van der Waals surface area contributed by atoms with Crippen LogP contribution in [0.4, 0.5) is 4.39 Å². The van der Waals surface area contributed by atoms with Crippen LogP contribution in [0.2, 0.25) is 0 Å². The molecule has 1 atom stereocenters. The lowest BCUT2D eigenvalue weighted by Crippen LogP contribution is -2.20. The van der Waals surface area contributed by atoms with Gasteiger partial charge in [0.15, 0.2) is 0 Å². The van der Waals surface area contributed by atoms with Crippen LogP contribution in [0.3, 0.4) is 0 Å². The fraction of sp³-hybridized carbons (Fsp3) is 0.333. The van der Waals surface area contributed by atoms with Crippen molar-refractivity contribution < 1.29 is 9.13 Å². The van der Waals surface area contributed by atoms with E-state index in [2.05, 4.69) is 5.32 Å². The van der Waals surface area contributed by atoms with Crippen LogP contribution in [0.25, 0.3) is 0 Å². The van der Waals surface area contributed by atoms with E-state index in [1.54, 1.807) is 20.1 Å². The van der Waals surface area contributed by atoms with Crippen molar-refractivity contribution in [3.8, 4) is 5.75 Å². The van der Waals surface area contributed by atoms with Gasteiger partial charge >= 0.3 is 0 Å². The third-order valence-corrected chi connectivity index (χ3v) is 4.04. The normalized spacial score (nSPS) is 12.3. The van der Waals surface area contributed by atoms with E-state index in [9.17, 15) is 4.39 Å². The maximum Gasteiger partial charge on any atom is 0.131 e. The van der Waals surface area contributed by atoms with E-state index in [0.29, 0.717) is 11.1 Å². The third kappa shape index (κ3) is 2.79. The smallest absolute Gasteiger partial charge is 0.131 e. The largest absolute Gasteiger partial charge is 0.496 e. The summed E-state index contributed by atoms with van der Waals surface area (Å²) in [5.74, 6) is 0.646. The number of hydrogen-bond acceptors (Lipinski definition) is 2. The summed E-state index contributed by atoms with van der Waals surface area (Å²) in [5, 5.41) is 3.20. The molecule has 0 bridgehead atoms. The minimum atomic E-state index is -0.237. The standard InChI is InChI=1S/C18H22FNO/c1-11-9-10-15(18(21-5)13(11)3)17(20-4)14-8-6-7-12(2)16(14)19/h6-10,17,20H,1-5H3. The molecular formula is C18H22FNO. The molecule has 0 aliphatic rings. The highest BCUT2D eigenvalue weighted by Gasteiger charge is 2.22. The first-order valence-corrected chi connectivity index (χ1v) is 7.07. The highest BCUT2D eigenvalue weighted by atomic mass is 19.1. The summed E-state index contributed by atoms with van der Waals surface area (Å²) in [6.45, 7) is 5.85. The van der Waals surface area contributed by atoms with Crippen LogP contribution in [-0.2, 0) is 0 Å². The van der Waals surface area contributed by atoms with Crippen LogP contribution >= 0.6 is 0 Å². The molecule has 0 aliphatic carbocycles. The SMILES string of the molecule is CNC(c1cccc(C)c1F)c1ccc(C)c(C)c1OC. The van der Waals surface area contributed by atoms with Crippen LogP contribution in [0.5, 0.6) is 5.75 Å². The Morgan fingerprint density at radius 2 is 1.71 bits per heavy atom. The first-order chi connectivity index (χ1) is 10.0. The average Bonchev–Trinajstić information content (AvgIpc) is 2.48. The second-order valence-electron chi connectivity index (χ2n) is 5.33. The molecule has 0 amide bonds. The minimum absolute atomic E-state index is 0.169. The second-order valence-corrected chi connectivity index (χ2v) is 5.33. The topological polar surface area (TPSA) is 21.3 Å². The maximum atomic E-state index is 14.5. The molecule has 112 valence electrons. The first kappa shape index (κ1) is 15.5. The Labute approximate surface area is 126 Å². The Balaban J connectivity index is 2.62. The van der Waals surface area contributed by atoms with Crippen molar-refractivity contribution >= 4 is 0 Å². The molecule has 0 heterocycles. The van der Waals surface area contributed by atoms with E-state index in [0.717, 1.165) is 22.4 Å². The van der Waals surface area contributed by atoms with Crippen LogP contribution in [0, 0.1) is 26.6 Å². The Morgan fingerprint density at radius 1 is 1.00 bits per heavy atom. The Kier molecular flexibility index (Phi) is 4.63. The molecule has 2 rings (SSSR count). The molecule has 21 heavy (non-hydrogen) atoms. The van der Waals surface area contributed by atoms with E-state index < -0.39 is 0 Å². The van der Waals surface area contributed by atoms with Gasteiger partial charge in [-0.1, -0.05) is 30.3 Å². The highest BCUT2D eigenvalue weighted by molar-refractivity contribution is 5.50. The number of methoxy groups -OCH3 is 1. The molecule has 1 unspecified atom stereocenters. The van der Waals surface area contributed by atoms with E-state index in [1.807, 2.05) is 45.2 Å². The molecule has 3 heteroatoms. The molecule has 0 spiro atoms. The van der Waals surface area contributed by atoms with Crippen molar-refractivity contribution in [2.24, 2.45) is 0 Å². The summed E-state index contributed by atoms with van der Waals surface area (Å²) in [4.78, 5) is 0. The van der Waals surface area contributed by atoms with Crippen molar-refractivity contribution in [3.05, 3.63) is 64.0 Å². The molecule has 0 aromatic heterocycles. The number of aryl methyl sites for hydroxylation is 2.